The van der Waals surface area contributed by atoms with E-state index in [0.717, 1.165) is 5.56 Å². The van der Waals surface area contributed by atoms with Crippen LogP contribution in [0.5, 0.6) is 0 Å². The Kier molecular flexibility index (Phi) is 4.31. The Hall–Kier alpha value is -1.06. The van der Waals surface area contributed by atoms with Crippen LogP contribution in [0.1, 0.15) is 45.5 Å². The van der Waals surface area contributed by atoms with Gasteiger partial charge < -0.3 is 33.9 Å². The summed E-state index contributed by atoms with van der Waals surface area (Å²) in [6.07, 6.45) is -1.71. The van der Waals surface area contributed by atoms with E-state index >= 15 is 0 Å². The Morgan fingerprint density at radius 1 is 1.00 bits per heavy atom. The Balaban J connectivity index is 1.51. The standard InChI is InChI=1S/C24H32O7/c1-14-23(28-11-12-29-23)10-9-21(2)18(26)17(25)16-19-24(14,21)31-22(16,3)13-27-20(30-19)15-7-5-4-6-8-15/h4-8,14,16-20,25-26H,9-13H2,1-3H3/t14-,16-,17-,18-,19-,20?,21+,22+,24-/m0/s1. The third-order valence-electron chi connectivity index (χ3n) is 9.03. The molecule has 0 amide bonds. The van der Waals surface area contributed by atoms with E-state index in [4.69, 9.17) is 23.7 Å². The maximum absolute atomic E-state index is 11.4. The van der Waals surface area contributed by atoms with Crippen molar-refractivity contribution in [3.05, 3.63) is 35.9 Å². The zero-order valence-corrected chi connectivity index (χ0v) is 18.3. The summed E-state index contributed by atoms with van der Waals surface area (Å²) in [4.78, 5) is 0. The number of hydrogen-bond donors (Lipinski definition) is 2. The Morgan fingerprint density at radius 3 is 2.42 bits per heavy atom. The van der Waals surface area contributed by atoms with Gasteiger partial charge in [-0.1, -0.05) is 44.2 Å². The molecular weight excluding hydrogens is 400 g/mol. The highest BCUT2D eigenvalue weighted by atomic mass is 16.7. The molecule has 2 N–H and O–H groups in total. The van der Waals surface area contributed by atoms with Crippen molar-refractivity contribution in [1.29, 1.82) is 0 Å². The first-order chi connectivity index (χ1) is 14.8. The highest BCUT2D eigenvalue weighted by Gasteiger charge is 2.82. The van der Waals surface area contributed by atoms with Crippen molar-refractivity contribution in [1.82, 2.24) is 0 Å². The van der Waals surface area contributed by atoms with Crippen LogP contribution in [0.25, 0.3) is 0 Å². The van der Waals surface area contributed by atoms with Crippen molar-refractivity contribution < 1.29 is 33.9 Å². The Labute approximate surface area is 182 Å². The third kappa shape index (κ3) is 2.38. The molecule has 31 heavy (non-hydrogen) atoms. The lowest BCUT2D eigenvalue weighted by atomic mass is 9.48. The summed E-state index contributed by atoms with van der Waals surface area (Å²) in [5.41, 5.74) is -1.48. The quantitative estimate of drug-likeness (QED) is 0.703. The lowest BCUT2D eigenvalue weighted by Crippen LogP contribution is -2.75. The zero-order chi connectivity index (χ0) is 21.6. The summed E-state index contributed by atoms with van der Waals surface area (Å²) in [6.45, 7) is 7.44. The third-order valence-corrected chi connectivity index (χ3v) is 9.03. The molecule has 5 fully saturated rings. The van der Waals surface area contributed by atoms with Gasteiger partial charge in [-0.25, -0.2) is 0 Å². The van der Waals surface area contributed by atoms with Crippen LogP contribution < -0.4 is 0 Å². The molecule has 1 aromatic rings. The number of aliphatic hydroxyl groups is 2. The van der Waals surface area contributed by atoms with Crippen LogP contribution in [-0.2, 0) is 23.7 Å². The van der Waals surface area contributed by atoms with Crippen molar-refractivity contribution in [2.75, 3.05) is 19.8 Å². The van der Waals surface area contributed by atoms with Gasteiger partial charge in [0.05, 0.1) is 43.7 Å². The first kappa shape index (κ1) is 20.5. The molecule has 0 radical (unpaired) electrons. The number of ether oxygens (including phenoxy) is 5. The van der Waals surface area contributed by atoms with E-state index in [1.807, 2.05) is 44.2 Å². The molecule has 7 heteroatoms. The van der Waals surface area contributed by atoms with Crippen LogP contribution in [-0.4, -0.2) is 65.3 Å². The molecular formula is C24H32O7. The molecule has 7 nitrogen and oxygen atoms in total. The number of aliphatic hydroxyl groups excluding tert-OH is 2. The number of rotatable bonds is 1. The van der Waals surface area contributed by atoms with E-state index in [2.05, 4.69) is 6.92 Å². The van der Waals surface area contributed by atoms with E-state index in [-0.39, 0.29) is 12.5 Å². The molecule has 2 aliphatic carbocycles. The van der Waals surface area contributed by atoms with Crippen molar-refractivity contribution in [2.45, 2.75) is 75.2 Å². The summed E-state index contributed by atoms with van der Waals surface area (Å²) in [5.74, 6) is -1.39. The lowest BCUT2D eigenvalue weighted by molar-refractivity contribution is -0.366. The van der Waals surface area contributed by atoms with E-state index in [1.165, 1.54) is 0 Å². The van der Waals surface area contributed by atoms with Crippen LogP contribution in [0.3, 0.4) is 0 Å². The minimum Gasteiger partial charge on any atom is -0.390 e. The fraction of sp³-hybridized carbons (Fsp3) is 0.750. The van der Waals surface area contributed by atoms with Crippen molar-refractivity contribution >= 4 is 0 Å². The van der Waals surface area contributed by atoms with Gasteiger partial charge in [0.15, 0.2) is 12.1 Å². The number of hydrogen-bond acceptors (Lipinski definition) is 7. The second-order valence-corrected chi connectivity index (χ2v) is 10.4. The van der Waals surface area contributed by atoms with Crippen LogP contribution in [0.15, 0.2) is 30.3 Å². The molecule has 3 aliphatic heterocycles. The first-order valence-electron chi connectivity index (χ1n) is 11.4. The monoisotopic (exact) mass is 432 g/mol. The average molecular weight is 433 g/mol. The van der Waals surface area contributed by atoms with Crippen molar-refractivity contribution in [3.63, 3.8) is 0 Å². The topological polar surface area (TPSA) is 86.6 Å². The normalized spacial score (nSPS) is 52.7. The average Bonchev–Trinajstić information content (AvgIpc) is 3.28. The van der Waals surface area contributed by atoms with Gasteiger partial charge in [-0.2, -0.15) is 0 Å². The van der Waals surface area contributed by atoms with Gasteiger partial charge in [-0.05, 0) is 13.3 Å². The Bertz CT molecular complexity index is 857. The molecule has 0 aromatic heterocycles. The minimum atomic E-state index is -0.972. The van der Waals surface area contributed by atoms with Gasteiger partial charge in [0.1, 0.15) is 5.60 Å². The fourth-order valence-corrected chi connectivity index (χ4v) is 7.41. The summed E-state index contributed by atoms with van der Waals surface area (Å²) in [5, 5.41) is 22.7. The Morgan fingerprint density at radius 2 is 1.71 bits per heavy atom. The van der Waals surface area contributed by atoms with Crippen molar-refractivity contribution in [2.24, 2.45) is 17.3 Å². The number of benzene rings is 1. The molecule has 170 valence electrons. The van der Waals surface area contributed by atoms with E-state index in [9.17, 15) is 10.2 Å². The molecule has 4 bridgehead atoms. The largest absolute Gasteiger partial charge is 0.390 e. The second kappa shape index (κ2) is 6.50. The second-order valence-electron chi connectivity index (χ2n) is 10.4. The van der Waals surface area contributed by atoms with Crippen LogP contribution in [0.2, 0.25) is 0 Å². The fourth-order valence-electron chi connectivity index (χ4n) is 7.41. The lowest BCUT2D eigenvalue weighted by Gasteiger charge is -2.64. The minimum absolute atomic E-state index is 0.202. The van der Waals surface area contributed by atoms with E-state index in [1.54, 1.807) is 0 Å². The molecule has 6 rings (SSSR count). The molecule has 3 heterocycles. The summed E-state index contributed by atoms with van der Waals surface area (Å²) in [6, 6.07) is 9.86. The maximum Gasteiger partial charge on any atom is 0.184 e. The zero-order valence-electron chi connectivity index (χ0n) is 18.3. The van der Waals surface area contributed by atoms with Gasteiger partial charge >= 0.3 is 0 Å². The molecule has 1 aromatic carbocycles. The highest BCUT2D eigenvalue weighted by molar-refractivity contribution is 5.29. The smallest absolute Gasteiger partial charge is 0.184 e. The molecule has 2 spiro atoms. The van der Waals surface area contributed by atoms with Gasteiger partial charge in [-0.15, -0.1) is 0 Å². The van der Waals surface area contributed by atoms with Gasteiger partial charge in [0.25, 0.3) is 0 Å². The van der Waals surface area contributed by atoms with Crippen LogP contribution in [0, 0.1) is 17.3 Å². The highest BCUT2D eigenvalue weighted by Crippen LogP contribution is 2.70. The first-order valence-corrected chi connectivity index (χ1v) is 11.4. The molecule has 3 saturated heterocycles. The summed E-state index contributed by atoms with van der Waals surface area (Å²) >= 11 is 0. The van der Waals surface area contributed by atoms with E-state index < -0.39 is 52.9 Å². The predicted molar refractivity (Wildman–Crippen MR) is 109 cm³/mol. The summed E-state index contributed by atoms with van der Waals surface area (Å²) < 4.78 is 32.2. The molecule has 5 aliphatic rings. The van der Waals surface area contributed by atoms with Gasteiger partial charge in [0.2, 0.25) is 0 Å². The molecule has 9 atom stereocenters. The van der Waals surface area contributed by atoms with Crippen molar-refractivity contribution in [3.8, 4) is 0 Å². The predicted octanol–water partition coefficient (Wildman–Crippen LogP) is 2.16. The van der Waals surface area contributed by atoms with Crippen LogP contribution >= 0.6 is 0 Å². The molecule has 1 unspecified atom stereocenters. The van der Waals surface area contributed by atoms with Crippen LogP contribution in [0.4, 0.5) is 0 Å². The molecule has 2 saturated carbocycles. The van der Waals surface area contributed by atoms with Gasteiger partial charge in [-0.3, -0.25) is 0 Å². The SMILES string of the molecule is C[C@H]1C2(CC[C@]3(C)[C@@H](O)[C@@H](O)[C@H]4[C@@H]5OC(c6ccccc6)OC[C@@]4(C)O[C@]513)OCCO2. The van der Waals surface area contributed by atoms with Gasteiger partial charge in [0, 0.05) is 29.2 Å². The summed E-state index contributed by atoms with van der Waals surface area (Å²) in [7, 11) is 0. The van der Waals surface area contributed by atoms with E-state index in [0.29, 0.717) is 26.1 Å². The maximum atomic E-state index is 11.4.